The molecule has 1 aliphatic heterocycles. The van der Waals surface area contributed by atoms with Crippen molar-refractivity contribution < 1.29 is 9.47 Å². The van der Waals surface area contributed by atoms with Crippen LogP contribution < -0.4 is 19.7 Å². The van der Waals surface area contributed by atoms with Crippen LogP contribution in [0.15, 0.2) is 48.5 Å². The summed E-state index contributed by atoms with van der Waals surface area (Å²) in [5.41, 5.74) is 2.29. The lowest BCUT2D eigenvalue weighted by Crippen LogP contribution is -2.36. The SMILES string of the molecule is COc1ccc(NCCN2CCOc3ccccc32)cc1. The second kappa shape index (κ2) is 6.39. The van der Waals surface area contributed by atoms with Gasteiger partial charge in [-0.1, -0.05) is 12.1 Å². The number of nitrogens with zero attached hydrogens (tertiary/aromatic N) is 1. The van der Waals surface area contributed by atoms with E-state index in [4.69, 9.17) is 9.47 Å². The summed E-state index contributed by atoms with van der Waals surface area (Å²) in [6.07, 6.45) is 0. The van der Waals surface area contributed by atoms with Gasteiger partial charge in [-0.15, -0.1) is 0 Å². The Labute approximate surface area is 125 Å². The fourth-order valence-electron chi connectivity index (χ4n) is 2.50. The summed E-state index contributed by atoms with van der Waals surface area (Å²) in [4.78, 5) is 2.36. The first-order valence-electron chi connectivity index (χ1n) is 7.21. The Bertz CT molecular complexity index is 584. The summed E-state index contributed by atoms with van der Waals surface area (Å²) in [6.45, 7) is 3.52. The minimum atomic E-state index is 0.750. The molecule has 1 heterocycles. The van der Waals surface area contributed by atoms with E-state index in [1.165, 1.54) is 5.69 Å². The van der Waals surface area contributed by atoms with Gasteiger partial charge in [0.25, 0.3) is 0 Å². The van der Waals surface area contributed by atoms with Crippen LogP contribution in [0.5, 0.6) is 11.5 Å². The van der Waals surface area contributed by atoms with Gasteiger partial charge in [0.05, 0.1) is 19.3 Å². The van der Waals surface area contributed by atoms with Gasteiger partial charge in [-0.3, -0.25) is 0 Å². The van der Waals surface area contributed by atoms with Crippen LogP contribution >= 0.6 is 0 Å². The largest absolute Gasteiger partial charge is 0.497 e. The number of hydrogen-bond donors (Lipinski definition) is 1. The van der Waals surface area contributed by atoms with Crippen molar-refractivity contribution >= 4 is 11.4 Å². The number of anilines is 2. The lowest BCUT2D eigenvalue weighted by atomic mass is 10.2. The fraction of sp³-hybridized carbons (Fsp3) is 0.294. The van der Waals surface area contributed by atoms with Gasteiger partial charge in [0.2, 0.25) is 0 Å². The Morgan fingerprint density at radius 2 is 1.95 bits per heavy atom. The van der Waals surface area contributed by atoms with Crippen molar-refractivity contribution in [3.63, 3.8) is 0 Å². The average Bonchev–Trinajstić information content (AvgIpc) is 2.56. The van der Waals surface area contributed by atoms with Crippen molar-refractivity contribution in [3.05, 3.63) is 48.5 Å². The molecule has 0 saturated carbocycles. The van der Waals surface area contributed by atoms with Gasteiger partial charge >= 0.3 is 0 Å². The monoisotopic (exact) mass is 284 g/mol. The molecule has 4 nitrogen and oxygen atoms in total. The summed E-state index contributed by atoms with van der Waals surface area (Å²) in [7, 11) is 1.68. The Morgan fingerprint density at radius 1 is 1.14 bits per heavy atom. The highest BCUT2D eigenvalue weighted by Gasteiger charge is 2.16. The van der Waals surface area contributed by atoms with E-state index < -0.39 is 0 Å². The summed E-state index contributed by atoms with van der Waals surface area (Å²) in [6, 6.07) is 16.2. The van der Waals surface area contributed by atoms with Crippen LogP contribution in [0.4, 0.5) is 11.4 Å². The van der Waals surface area contributed by atoms with Gasteiger partial charge in [-0.2, -0.15) is 0 Å². The molecule has 4 heteroatoms. The van der Waals surface area contributed by atoms with E-state index in [2.05, 4.69) is 22.3 Å². The molecule has 110 valence electrons. The quantitative estimate of drug-likeness (QED) is 0.915. The molecule has 0 unspecified atom stereocenters. The molecule has 2 aromatic carbocycles. The lowest BCUT2D eigenvalue weighted by molar-refractivity contribution is 0.308. The molecule has 0 bridgehead atoms. The lowest BCUT2D eigenvalue weighted by Gasteiger charge is -2.31. The number of hydrogen-bond acceptors (Lipinski definition) is 4. The van der Waals surface area contributed by atoms with E-state index in [1.54, 1.807) is 7.11 Å². The fourth-order valence-corrected chi connectivity index (χ4v) is 2.50. The first-order valence-corrected chi connectivity index (χ1v) is 7.21. The highest BCUT2D eigenvalue weighted by atomic mass is 16.5. The molecule has 0 saturated heterocycles. The predicted octanol–water partition coefficient (Wildman–Crippen LogP) is 3.01. The van der Waals surface area contributed by atoms with Crippen LogP contribution in [-0.2, 0) is 0 Å². The van der Waals surface area contributed by atoms with Crippen LogP contribution in [0.2, 0.25) is 0 Å². The van der Waals surface area contributed by atoms with Gasteiger partial charge < -0.3 is 19.7 Å². The zero-order valence-corrected chi connectivity index (χ0v) is 12.2. The van der Waals surface area contributed by atoms with Crippen LogP contribution in [-0.4, -0.2) is 33.4 Å². The molecule has 0 fully saturated rings. The summed E-state index contributed by atoms with van der Waals surface area (Å²) in [5, 5.41) is 3.44. The zero-order chi connectivity index (χ0) is 14.5. The summed E-state index contributed by atoms with van der Waals surface area (Å²) < 4.78 is 10.8. The zero-order valence-electron chi connectivity index (χ0n) is 12.2. The van der Waals surface area contributed by atoms with E-state index >= 15 is 0 Å². The highest BCUT2D eigenvalue weighted by Crippen LogP contribution is 2.30. The average molecular weight is 284 g/mol. The number of methoxy groups -OCH3 is 1. The first kappa shape index (κ1) is 13.6. The summed E-state index contributed by atoms with van der Waals surface area (Å²) >= 11 is 0. The molecule has 0 spiro atoms. The maximum Gasteiger partial charge on any atom is 0.142 e. The number of ether oxygens (including phenoxy) is 2. The van der Waals surface area contributed by atoms with Gasteiger partial charge in [0, 0.05) is 18.8 Å². The second-order valence-corrected chi connectivity index (χ2v) is 4.96. The van der Waals surface area contributed by atoms with Crippen molar-refractivity contribution in [2.75, 3.05) is 43.6 Å². The minimum absolute atomic E-state index is 0.750. The molecule has 3 rings (SSSR count). The van der Waals surface area contributed by atoms with E-state index in [0.29, 0.717) is 0 Å². The number of rotatable bonds is 5. The second-order valence-electron chi connectivity index (χ2n) is 4.96. The Balaban J connectivity index is 1.56. The van der Waals surface area contributed by atoms with Gasteiger partial charge in [-0.25, -0.2) is 0 Å². The minimum Gasteiger partial charge on any atom is -0.497 e. The van der Waals surface area contributed by atoms with Crippen molar-refractivity contribution in [2.45, 2.75) is 0 Å². The number of nitrogens with one attached hydrogen (secondary N) is 1. The smallest absolute Gasteiger partial charge is 0.142 e. The van der Waals surface area contributed by atoms with Gasteiger partial charge in [-0.05, 0) is 36.4 Å². The molecule has 0 amide bonds. The third-order valence-corrected chi connectivity index (χ3v) is 3.63. The molecule has 2 aromatic rings. The Hall–Kier alpha value is -2.36. The number of benzene rings is 2. The van der Waals surface area contributed by atoms with Crippen LogP contribution in [0.3, 0.4) is 0 Å². The van der Waals surface area contributed by atoms with E-state index in [1.807, 2.05) is 36.4 Å². The Kier molecular flexibility index (Phi) is 4.15. The summed E-state index contributed by atoms with van der Waals surface area (Å²) in [5.74, 6) is 1.86. The van der Waals surface area contributed by atoms with E-state index in [-0.39, 0.29) is 0 Å². The van der Waals surface area contributed by atoms with Crippen molar-refractivity contribution in [1.82, 2.24) is 0 Å². The van der Waals surface area contributed by atoms with Crippen molar-refractivity contribution in [3.8, 4) is 11.5 Å². The normalized spacial score (nSPS) is 13.3. The number of fused-ring (bicyclic) bond motifs is 1. The maximum absolute atomic E-state index is 5.67. The van der Waals surface area contributed by atoms with Crippen molar-refractivity contribution in [1.29, 1.82) is 0 Å². The molecule has 0 aliphatic carbocycles. The van der Waals surface area contributed by atoms with Crippen LogP contribution in [0, 0.1) is 0 Å². The molecule has 21 heavy (non-hydrogen) atoms. The van der Waals surface area contributed by atoms with E-state index in [0.717, 1.165) is 43.4 Å². The molecule has 0 radical (unpaired) electrons. The molecule has 0 atom stereocenters. The molecule has 1 aliphatic rings. The predicted molar refractivity (Wildman–Crippen MR) is 85.6 cm³/mol. The maximum atomic E-state index is 5.67. The highest BCUT2D eigenvalue weighted by molar-refractivity contribution is 5.60. The third kappa shape index (κ3) is 3.21. The van der Waals surface area contributed by atoms with Crippen molar-refractivity contribution in [2.24, 2.45) is 0 Å². The van der Waals surface area contributed by atoms with Gasteiger partial charge in [0.1, 0.15) is 18.1 Å². The first-order chi connectivity index (χ1) is 10.4. The molecular weight excluding hydrogens is 264 g/mol. The molecular formula is C17H20N2O2. The Morgan fingerprint density at radius 3 is 2.76 bits per heavy atom. The topological polar surface area (TPSA) is 33.7 Å². The molecule has 0 aromatic heterocycles. The van der Waals surface area contributed by atoms with Crippen LogP contribution in [0.1, 0.15) is 0 Å². The van der Waals surface area contributed by atoms with Gasteiger partial charge in [0.15, 0.2) is 0 Å². The molecule has 1 N–H and O–H groups in total. The van der Waals surface area contributed by atoms with Crippen LogP contribution in [0.25, 0.3) is 0 Å². The van der Waals surface area contributed by atoms with E-state index in [9.17, 15) is 0 Å². The third-order valence-electron chi connectivity index (χ3n) is 3.63. The number of para-hydroxylation sites is 2. The standard InChI is InChI=1S/C17H20N2O2/c1-20-15-8-6-14(7-9-15)18-10-11-19-12-13-21-17-5-3-2-4-16(17)19/h2-9,18H,10-13H2,1H3.